The molecule has 1 aromatic carbocycles. The molecule has 0 spiro atoms. The molecule has 148 valence electrons. The number of aromatic nitrogens is 6. The van der Waals surface area contributed by atoms with Gasteiger partial charge in [-0.2, -0.15) is 0 Å². The number of hydrogen-bond acceptors (Lipinski definition) is 7. The number of anilines is 1. The molecule has 0 aliphatic rings. The van der Waals surface area contributed by atoms with Crippen molar-refractivity contribution in [3.05, 3.63) is 55.5 Å². The fourth-order valence-electron chi connectivity index (χ4n) is 2.79. The van der Waals surface area contributed by atoms with Crippen LogP contribution in [0.2, 0.25) is 5.02 Å². The molecular weight excluding hydrogens is 418 g/mol. The van der Waals surface area contributed by atoms with Crippen LogP contribution >= 0.6 is 22.9 Å². The molecule has 0 unspecified atom stereocenters. The van der Waals surface area contributed by atoms with Crippen LogP contribution < -0.4 is 16.6 Å². The summed E-state index contributed by atoms with van der Waals surface area (Å²) in [6.07, 6.45) is 0. The van der Waals surface area contributed by atoms with E-state index in [2.05, 4.69) is 20.6 Å². The predicted octanol–water partition coefficient (Wildman–Crippen LogP) is 1.24. The molecule has 0 saturated heterocycles. The normalized spacial score (nSPS) is 11.1. The van der Waals surface area contributed by atoms with E-state index in [1.54, 1.807) is 12.1 Å². The second-order valence-corrected chi connectivity index (χ2v) is 7.51. The third kappa shape index (κ3) is 3.45. The van der Waals surface area contributed by atoms with Crippen LogP contribution in [0.1, 0.15) is 0 Å². The molecule has 3 heterocycles. The molecule has 29 heavy (non-hydrogen) atoms. The van der Waals surface area contributed by atoms with Crippen LogP contribution in [0.4, 0.5) is 5.13 Å². The number of rotatable bonds is 4. The highest BCUT2D eigenvalue weighted by Gasteiger charge is 2.18. The second kappa shape index (κ2) is 7.26. The third-order valence-corrected chi connectivity index (χ3v) is 5.31. The maximum atomic E-state index is 12.4. The average molecular weight is 432 g/mol. The number of aryl methyl sites for hydroxylation is 1. The molecule has 4 rings (SSSR count). The molecule has 0 bridgehead atoms. The number of carbonyl (C=O) groups excluding carboxylic acids is 1. The van der Waals surface area contributed by atoms with Gasteiger partial charge in [0.05, 0.1) is 5.69 Å². The van der Waals surface area contributed by atoms with Crippen molar-refractivity contribution in [2.24, 2.45) is 14.1 Å². The minimum Gasteiger partial charge on any atom is -0.300 e. The van der Waals surface area contributed by atoms with E-state index in [1.807, 2.05) is 17.5 Å². The molecule has 12 heteroatoms. The van der Waals surface area contributed by atoms with E-state index < -0.39 is 17.2 Å². The number of carbonyl (C=O) groups is 1. The van der Waals surface area contributed by atoms with Gasteiger partial charge in [0.2, 0.25) is 5.91 Å². The Labute approximate surface area is 172 Å². The number of thiazole rings is 1. The van der Waals surface area contributed by atoms with Crippen LogP contribution in [0.15, 0.2) is 39.2 Å². The zero-order valence-electron chi connectivity index (χ0n) is 15.3. The average Bonchev–Trinajstić information content (AvgIpc) is 3.32. The highest BCUT2D eigenvalue weighted by atomic mass is 35.5. The van der Waals surface area contributed by atoms with Crippen LogP contribution in [0.5, 0.6) is 0 Å². The third-order valence-electron chi connectivity index (χ3n) is 4.30. The summed E-state index contributed by atoms with van der Waals surface area (Å²) in [7, 11) is 2.84. The van der Waals surface area contributed by atoms with Gasteiger partial charge in [0.1, 0.15) is 6.54 Å². The van der Waals surface area contributed by atoms with Gasteiger partial charge >= 0.3 is 5.69 Å². The molecule has 0 saturated carbocycles. The molecule has 0 atom stereocenters. The van der Waals surface area contributed by atoms with Gasteiger partial charge in [-0.15, -0.1) is 16.4 Å². The first kappa shape index (κ1) is 19.0. The Hall–Kier alpha value is -3.31. The lowest BCUT2D eigenvalue weighted by Gasteiger charge is -2.05. The lowest BCUT2D eigenvalue weighted by molar-refractivity contribution is -0.116. The number of nitrogens with one attached hydrogen (secondary N) is 1. The van der Waals surface area contributed by atoms with E-state index in [0.717, 1.165) is 10.1 Å². The van der Waals surface area contributed by atoms with Crippen molar-refractivity contribution in [2.45, 2.75) is 6.54 Å². The van der Waals surface area contributed by atoms with Crippen molar-refractivity contribution < 1.29 is 4.79 Å². The monoisotopic (exact) mass is 431 g/mol. The van der Waals surface area contributed by atoms with Crippen LogP contribution in [0.25, 0.3) is 22.4 Å². The van der Waals surface area contributed by atoms with Gasteiger partial charge in [-0.25, -0.2) is 14.5 Å². The summed E-state index contributed by atoms with van der Waals surface area (Å²) >= 11 is 7.16. The standard InChI is InChI=1S/C17H14ClN7O3S/c1-23-14-13(15(27)24(2)17(23)28)25(22-21-14)7-12(26)20-16-19-11(8-29-16)9-3-5-10(18)6-4-9/h3-6,8H,7H2,1-2H3,(H,19,20,26). The number of nitrogens with zero attached hydrogens (tertiary/aromatic N) is 6. The molecule has 10 nitrogen and oxygen atoms in total. The van der Waals surface area contributed by atoms with E-state index in [1.165, 1.54) is 34.7 Å². The Bertz CT molecular complexity index is 1350. The summed E-state index contributed by atoms with van der Waals surface area (Å²) in [6.45, 7) is -0.250. The largest absolute Gasteiger partial charge is 0.332 e. The molecule has 0 radical (unpaired) electrons. The zero-order chi connectivity index (χ0) is 20.7. The summed E-state index contributed by atoms with van der Waals surface area (Å²) in [4.78, 5) is 41.2. The molecule has 0 fully saturated rings. The first-order chi connectivity index (χ1) is 13.8. The minimum atomic E-state index is -0.569. The minimum absolute atomic E-state index is 0.0748. The van der Waals surface area contributed by atoms with Crippen molar-refractivity contribution in [3.63, 3.8) is 0 Å². The van der Waals surface area contributed by atoms with Crippen molar-refractivity contribution in [3.8, 4) is 11.3 Å². The van der Waals surface area contributed by atoms with Crippen molar-refractivity contribution in [2.75, 3.05) is 5.32 Å². The molecule has 4 aromatic rings. The van der Waals surface area contributed by atoms with Crippen LogP contribution in [0.3, 0.4) is 0 Å². The van der Waals surface area contributed by atoms with Gasteiger partial charge < -0.3 is 5.32 Å². The lowest BCUT2D eigenvalue weighted by Crippen LogP contribution is -2.38. The van der Waals surface area contributed by atoms with E-state index in [4.69, 9.17) is 11.6 Å². The predicted molar refractivity (Wildman–Crippen MR) is 109 cm³/mol. The summed E-state index contributed by atoms with van der Waals surface area (Å²) < 4.78 is 3.32. The van der Waals surface area contributed by atoms with E-state index >= 15 is 0 Å². The van der Waals surface area contributed by atoms with Gasteiger partial charge in [0.25, 0.3) is 5.56 Å². The van der Waals surface area contributed by atoms with Gasteiger partial charge in [-0.3, -0.25) is 18.7 Å². The quantitative estimate of drug-likeness (QED) is 0.519. The van der Waals surface area contributed by atoms with Crippen LogP contribution in [-0.2, 0) is 25.4 Å². The Kier molecular flexibility index (Phi) is 4.76. The summed E-state index contributed by atoms with van der Waals surface area (Å²) in [6, 6.07) is 7.20. The molecule has 1 N–H and O–H groups in total. The Balaban J connectivity index is 1.56. The highest BCUT2D eigenvalue weighted by Crippen LogP contribution is 2.26. The highest BCUT2D eigenvalue weighted by molar-refractivity contribution is 7.14. The van der Waals surface area contributed by atoms with E-state index in [-0.39, 0.29) is 17.7 Å². The lowest BCUT2D eigenvalue weighted by atomic mass is 10.2. The molecule has 3 aromatic heterocycles. The zero-order valence-corrected chi connectivity index (χ0v) is 16.9. The van der Waals surface area contributed by atoms with E-state index in [0.29, 0.717) is 15.8 Å². The SMILES string of the molecule is Cn1c(=O)c2c(nnn2CC(=O)Nc2nc(-c3ccc(Cl)cc3)cs2)n(C)c1=O. The van der Waals surface area contributed by atoms with Gasteiger partial charge in [-0.05, 0) is 12.1 Å². The first-order valence-corrected chi connectivity index (χ1v) is 9.61. The number of amides is 1. The molecule has 1 amide bonds. The van der Waals surface area contributed by atoms with Crippen LogP contribution in [-0.4, -0.2) is 35.0 Å². The Morgan fingerprint density at radius 2 is 1.90 bits per heavy atom. The number of fused-ring (bicyclic) bond motifs is 1. The molecule has 0 aliphatic heterocycles. The summed E-state index contributed by atoms with van der Waals surface area (Å²) in [5, 5.41) is 13.2. The fraction of sp³-hybridized carbons (Fsp3) is 0.176. The maximum absolute atomic E-state index is 12.4. The topological polar surface area (TPSA) is 117 Å². The van der Waals surface area contributed by atoms with Crippen molar-refractivity contribution >= 4 is 45.1 Å². The second-order valence-electron chi connectivity index (χ2n) is 6.22. The summed E-state index contributed by atoms with van der Waals surface area (Å²) in [5.41, 5.74) is 0.683. The smallest absolute Gasteiger partial charge is 0.300 e. The van der Waals surface area contributed by atoms with Crippen molar-refractivity contribution in [1.29, 1.82) is 0 Å². The maximum Gasteiger partial charge on any atom is 0.332 e. The molecule has 0 aliphatic carbocycles. The first-order valence-electron chi connectivity index (χ1n) is 8.35. The Morgan fingerprint density at radius 3 is 2.62 bits per heavy atom. The Morgan fingerprint density at radius 1 is 1.17 bits per heavy atom. The van der Waals surface area contributed by atoms with Crippen molar-refractivity contribution in [1.82, 2.24) is 29.1 Å². The van der Waals surface area contributed by atoms with Gasteiger partial charge in [0, 0.05) is 30.1 Å². The summed E-state index contributed by atoms with van der Waals surface area (Å²) in [5.74, 6) is -0.426. The number of hydrogen-bond donors (Lipinski definition) is 1. The van der Waals surface area contributed by atoms with Gasteiger partial charge in [-0.1, -0.05) is 28.9 Å². The number of benzene rings is 1. The van der Waals surface area contributed by atoms with Gasteiger partial charge in [0.15, 0.2) is 16.3 Å². The number of halogens is 1. The fourth-order valence-corrected chi connectivity index (χ4v) is 3.65. The van der Waals surface area contributed by atoms with Crippen LogP contribution in [0, 0.1) is 0 Å². The van der Waals surface area contributed by atoms with E-state index in [9.17, 15) is 14.4 Å². The molecular formula is C17H14ClN7O3S.